The smallest absolute Gasteiger partial charge is 0.224 e. The molecule has 1 unspecified atom stereocenters. The number of allylic oxidation sites excluding steroid dienone is 1. The monoisotopic (exact) mass is 440 g/mol. The van der Waals surface area contributed by atoms with E-state index in [9.17, 15) is 5.11 Å². The second-order valence-electron chi connectivity index (χ2n) is 9.90. The summed E-state index contributed by atoms with van der Waals surface area (Å²) in [5, 5.41) is 20.5. The second kappa shape index (κ2) is 11.2. The summed E-state index contributed by atoms with van der Waals surface area (Å²) < 4.78 is 0. The van der Waals surface area contributed by atoms with Gasteiger partial charge in [0, 0.05) is 37.0 Å². The minimum Gasteiger partial charge on any atom is -0.393 e. The van der Waals surface area contributed by atoms with Crippen LogP contribution in [0.3, 0.4) is 0 Å². The molecule has 2 atom stereocenters. The average Bonchev–Trinajstić information content (AvgIpc) is 3.61. The minimum atomic E-state index is -0.166. The zero-order chi connectivity index (χ0) is 22.3. The Labute approximate surface area is 192 Å². The van der Waals surface area contributed by atoms with Gasteiger partial charge in [0.05, 0.1) is 17.4 Å². The maximum atomic E-state index is 9.87. The first-order valence-electron chi connectivity index (χ1n) is 12.6. The van der Waals surface area contributed by atoms with Crippen molar-refractivity contribution in [3.8, 4) is 0 Å². The van der Waals surface area contributed by atoms with Crippen LogP contribution < -0.4 is 16.0 Å². The van der Waals surface area contributed by atoms with E-state index in [-0.39, 0.29) is 6.10 Å². The van der Waals surface area contributed by atoms with Gasteiger partial charge in [-0.3, -0.25) is 4.99 Å². The molecule has 2 heterocycles. The standard InChI is InChI=1S/C25H40N6O/c1-3-4-17(2)29-25-28-16-22(24(31-25)30-20-8-10-21(32)11-9-20)23-12-7-19(15-27-23)14-26-13-18-5-6-18/h12,15-21,26,32H,3-11,13-14H2,1-2H3,(H2,28,29,30,31)/t17-,19?,20-,21-/m0/s1. The summed E-state index contributed by atoms with van der Waals surface area (Å²) in [6.45, 7) is 6.49. The van der Waals surface area contributed by atoms with Gasteiger partial charge in [-0.2, -0.15) is 4.98 Å². The Hall–Kier alpha value is -1.99. The van der Waals surface area contributed by atoms with Crippen LogP contribution in [0.5, 0.6) is 0 Å². The molecule has 2 saturated carbocycles. The Kier molecular flexibility index (Phi) is 8.14. The number of rotatable bonds is 11. The third kappa shape index (κ3) is 6.75. The molecule has 4 rings (SSSR count). The molecule has 0 spiro atoms. The van der Waals surface area contributed by atoms with Crippen LogP contribution in [0.25, 0.3) is 5.70 Å². The van der Waals surface area contributed by atoms with Crippen LogP contribution in [-0.4, -0.2) is 52.6 Å². The zero-order valence-electron chi connectivity index (χ0n) is 19.7. The number of hydrogen-bond acceptors (Lipinski definition) is 7. The molecule has 7 nitrogen and oxygen atoms in total. The average molecular weight is 441 g/mol. The van der Waals surface area contributed by atoms with E-state index in [1.807, 2.05) is 6.20 Å². The molecule has 176 valence electrons. The summed E-state index contributed by atoms with van der Waals surface area (Å²) in [6, 6.07) is 0.653. The number of aliphatic hydroxyl groups is 1. The number of nitrogens with zero attached hydrogens (tertiary/aromatic N) is 3. The van der Waals surface area contributed by atoms with E-state index < -0.39 is 0 Å². The molecule has 0 radical (unpaired) electrons. The molecule has 3 aliphatic rings. The van der Waals surface area contributed by atoms with Gasteiger partial charge < -0.3 is 21.1 Å². The third-order valence-corrected chi connectivity index (χ3v) is 6.77. The first kappa shape index (κ1) is 23.2. The lowest BCUT2D eigenvalue weighted by atomic mass is 9.93. The molecule has 32 heavy (non-hydrogen) atoms. The maximum absolute atomic E-state index is 9.87. The van der Waals surface area contributed by atoms with Crippen LogP contribution in [0, 0.1) is 11.8 Å². The van der Waals surface area contributed by atoms with Crippen LogP contribution in [-0.2, 0) is 0 Å². The molecule has 0 aromatic carbocycles. The lowest BCUT2D eigenvalue weighted by Gasteiger charge is -2.28. The highest BCUT2D eigenvalue weighted by molar-refractivity contribution is 5.82. The van der Waals surface area contributed by atoms with Gasteiger partial charge >= 0.3 is 0 Å². The minimum absolute atomic E-state index is 0.166. The maximum Gasteiger partial charge on any atom is 0.224 e. The predicted molar refractivity (Wildman–Crippen MR) is 132 cm³/mol. The molecule has 2 fully saturated rings. The summed E-state index contributed by atoms with van der Waals surface area (Å²) in [7, 11) is 0. The van der Waals surface area contributed by atoms with E-state index in [1.165, 1.54) is 12.8 Å². The predicted octanol–water partition coefficient (Wildman–Crippen LogP) is 4.22. The van der Waals surface area contributed by atoms with Gasteiger partial charge in [0.2, 0.25) is 5.95 Å². The van der Waals surface area contributed by atoms with Gasteiger partial charge in [0.25, 0.3) is 0 Å². The van der Waals surface area contributed by atoms with Crippen LogP contribution in [0.1, 0.15) is 77.2 Å². The van der Waals surface area contributed by atoms with Gasteiger partial charge in [-0.05, 0) is 70.8 Å². The summed E-state index contributed by atoms with van der Waals surface area (Å²) >= 11 is 0. The van der Waals surface area contributed by atoms with Crippen LogP contribution >= 0.6 is 0 Å². The number of hydrogen-bond donors (Lipinski definition) is 4. The van der Waals surface area contributed by atoms with Crippen LogP contribution in [0.2, 0.25) is 0 Å². The Morgan fingerprint density at radius 1 is 1.12 bits per heavy atom. The number of anilines is 2. The van der Waals surface area contributed by atoms with E-state index in [2.05, 4.69) is 47.1 Å². The van der Waals surface area contributed by atoms with Crippen molar-refractivity contribution in [3.63, 3.8) is 0 Å². The third-order valence-electron chi connectivity index (χ3n) is 6.77. The Bertz CT molecular complexity index is 798. The SMILES string of the molecule is CCC[C@H](C)Nc1ncc(C2=CCC(CNCC3CC3)C=N2)c(N[C@H]2CC[C@H](O)CC2)n1. The number of aliphatic imine (C=N–C) groups is 1. The van der Waals surface area contributed by atoms with Crippen LogP contribution in [0.4, 0.5) is 11.8 Å². The summed E-state index contributed by atoms with van der Waals surface area (Å²) in [4.78, 5) is 14.3. The van der Waals surface area contributed by atoms with E-state index >= 15 is 0 Å². The molecule has 7 heteroatoms. The first-order chi connectivity index (χ1) is 15.6. The fraction of sp³-hybridized carbons (Fsp3) is 0.720. The molecule has 1 aromatic heterocycles. The van der Waals surface area contributed by atoms with Crippen LogP contribution in [0.15, 0.2) is 17.3 Å². The largest absolute Gasteiger partial charge is 0.393 e. The topological polar surface area (TPSA) is 94.5 Å². The molecular weight excluding hydrogens is 400 g/mol. The molecular formula is C25H40N6O. The summed E-state index contributed by atoms with van der Waals surface area (Å²) in [6.07, 6.45) is 15.6. The van der Waals surface area contributed by atoms with Gasteiger partial charge in [0.1, 0.15) is 5.82 Å². The Morgan fingerprint density at radius 2 is 1.94 bits per heavy atom. The van der Waals surface area contributed by atoms with Crippen molar-refractivity contribution in [1.29, 1.82) is 0 Å². The molecule has 2 aliphatic carbocycles. The molecule has 0 saturated heterocycles. The summed E-state index contributed by atoms with van der Waals surface area (Å²) in [5.74, 6) is 2.86. The summed E-state index contributed by atoms with van der Waals surface area (Å²) in [5.41, 5.74) is 1.92. The van der Waals surface area contributed by atoms with Crippen molar-refractivity contribution in [2.24, 2.45) is 16.8 Å². The van der Waals surface area contributed by atoms with E-state index in [4.69, 9.17) is 9.98 Å². The highest BCUT2D eigenvalue weighted by Crippen LogP contribution is 2.31. The lowest BCUT2D eigenvalue weighted by molar-refractivity contribution is 0.126. The van der Waals surface area contributed by atoms with Crippen molar-refractivity contribution in [1.82, 2.24) is 15.3 Å². The normalized spacial score (nSPS) is 26.5. The molecule has 0 amide bonds. The number of nitrogens with one attached hydrogen (secondary N) is 3. The van der Waals surface area contributed by atoms with Crippen molar-refractivity contribution in [2.75, 3.05) is 23.7 Å². The molecule has 1 aromatic rings. The van der Waals surface area contributed by atoms with Crippen molar-refractivity contribution in [3.05, 3.63) is 17.8 Å². The van der Waals surface area contributed by atoms with E-state index in [1.54, 1.807) is 0 Å². The highest BCUT2D eigenvalue weighted by atomic mass is 16.3. The van der Waals surface area contributed by atoms with E-state index in [0.717, 1.165) is 81.0 Å². The van der Waals surface area contributed by atoms with Gasteiger partial charge in [-0.15, -0.1) is 0 Å². The van der Waals surface area contributed by atoms with E-state index in [0.29, 0.717) is 23.9 Å². The van der Waals surface area contributed by atoms with Crippen molar-refractivity contribution < 1.29 is 5.11 Å². The number of aliphatic hydroxyl groups excluding tert-OH is 1. The molecule has 4 N–H and O–H groups in total. The number of aromatic nitrogens is 2. The quantitative estimate of drug-likeness (QED) is 0.411. The van der Waals surface area contributed by atoms with Gasteiger partial charge in [-0.1, -0.05) is 19.4 Å². The molecule has 0 bridgehead atoms. The Morgan fingerprint density at radius 3 is 2.62 bits per heavy atom. The van der Waals surface area contributed by atoms with Gasteiger partial charge in [0.15, 0.2) is 0 Å². The Balaban J connectivity index is 1.44. The lowest BCUT2D eigenvalue weighted by Crippen LogP contribution is -2.29. The fourth-order valence-corrected chi connectivity index (χ4v) is 4.56. The molecule has 1 aliphatic heterocycles. The highest BCUT2D eigenvalue weighted by Gasteiger charge is 2.23. The fourth-order valence-electron chi connectivity index (χ4n) is 4.56. The van der Waals surface area contributed by atoms with Gasteiger partial charge in [-0.25, -0.2) is 4.98 Å². The second-order valence-corrected chi connectivity index (χ2v) is 9.90. The first-order valence-corrected chi connectivity index (χ1v) is 12.6. The van der Waals surface area contributed by atoms with Crippen molar-refractivity contribution >= 4 is 23.7 Å². The zero-order valence-corrected chi connectivity index (χ0v) is 19.7. The van der Waals surface area contributed by atoms with Crippen molar-refractivity contribution in [2.45, 2.75) is 89.8 Å².